The van der Waals surface area contributed by atoms with Crippen LogP contribution in [0.4, 0.5) is 15.8 Å². The number of nitrogens with zero attached hydrogens (tertiary/aromatic N) is 1. The second-order valence-electron chi connectivity index (χ2n) is 4.82. The van der Waals surface area contributed by atoms with Crippen LogP contribution in [0, 0.1) is 5.82 Å². The lowest BCUT2D eigenvalue weighted by Gasteiger charge is -2.31. The molecule has 1 atom stereocenters. The molecule has 1 aliphatic rings. The number of rotatable bonds is 3. The molecule has 4 nitrogen and oxygen atoms in total. The Bertz CT molecular complexity index is 425. The Morgan fingerprint density at radius 2 is 2.28 bits per heavy atom. The molecular formula is C13H20FN3O. The number of halogens is 1. The predicted molar refractivity (Wildman–Crippen MR) is 71.5 cm³/mol. The van der Waals surface area contributed by atoms with Crippen molar-refractivity contribution < 1.29 is 9.13 Å². The number of nitrogens with one attached hydrogen (secondary N) is 1. The molecule has 0 aromatic heterocycles. The largest absolute Gasteiger partial charge is 0.494 e. The van der Waals surface area contributed by atoms with Crippen LogP contribution in [0.15, 0.2) is 12.1 Å². The number of hydrogen-bond acceptors (Lipinski definition) is 4. The lowest BCUT2D eigenvalue weighted by Crippen LogP contribution is -2.39. The molecule has 3 N–H and O–H groups in total. The number of piperidine rings is 1. The summed E-state index contributed by atoms with van der Waals surface area (Å²) in [6.07, 6.45) is 2.26. The zero-order valence-corrected chi connectivity index (χ0v) is 10.9. The Labute approximate surface area is 107 Å². The number of nitrogens with two attached hydrogens (primary N) is 1. The average molecular weight is 253 g/mol. The summed E-state index contributed by atoms with van der Waals surface area (Å²) >= 11 is 0. The van der Waals surface area contributed by atoms with Crippen molar-refractivity contribution in [3.63, 3.8) is 0 Å². The minimum absolute atomic E-state index is 0.218. The summed E-state index contributed by atoms with van der Waals surface area (Å²) in [4.78, 5) is 2.28. The molecule has 1 unspecified atom stereocenters. The van der Waals surface area contributed by atoms with Gasteiger partial charge in [0.05, 0.1) is 18.5 Å². The second kappa shape index (κ2) is 5.44. The summed E-state index contributed by atoms with van der Waals surface area (Å²) in [6, 6.07) is 3.27. The molecular weight excluding hydrogens is 233 g/mol. The highest BCUT2D eigenvalue weighted by Crippen LogP contribution is 2.29. The first kappa shape index (κ1) is 13.0. The first-order chi connectivity index (χ1) is 8.60. The Kier molecular flexibility index (Phi) is 3.91. The van der Waals surface area contributed by atoms with Gasteiger partial charge < -0.3 is 20.7 Å². The van der Waals surface area contributed by atoms with E-state index in [0.29, 0.717) is 11.7 Å². The van der Waals surface area contributed by atoms with Crippen LogP contribution < -0.4 is 15.8 Å². The standard InChI is InChI=1S/C13H20FN3O/c1-17-5-3-4-9(8-17)16-12-7-13(18-2)10(14)6-11(12)15/h6-7,9,16H,3-5,8,15H2,1-2H3. The number of benzene rings is 1. The second-order valence-corrected chi connectivity index (χ2v) is 4.82. The molecule has 0 radical (unpaired) electrons. The van der Waals surface area contributed by atoms with Gasteiger partial charge in [-0.15, -0.1) is 0 Å². The summed E-state index contributed by atoms with van der Waals surface area (Å²) in [5.41, 5.74) is 6.99. The number of anilines is 2. The molecule has 1 aliphatic heterocycles. The number of methoxy groups -OCH3 is 1. The van der Waals surface area contributed by atoms with Crippen LogP contribution in [0.25, 0.3) is 0 Å². The van der Waals surface area contributed by atoms with E-state index in [-0.39, 0.29) is 5.75 Å². The van der Waals surface area contributed by atoms with E-state index in [2.05, 4.69) is 17.3 Å². The maximum atomic E-state index is 13.4. The molecule has 0 saturated carbocycles. The maximum absolute atomic E-state index is 13.4. The quantitative estimate of drug-likeness (QED) is 0.808. The molecule has 0 aliphatic carbocycles. The molecule has 100 valence electrons. The highest BCUT2D eigenvalue weighted by Gasteiger charge is 2.18. The summed E-state index contributed by atoms with van der Waals surface area (Å²) in [6.45, 7) is 2.10. The van der Waals surface area contributed by atoms with Crippen molar-refractivity contribution in [2.75, 3.05) is 38.3 Å². The molecule has 5 heteroatoms. The number of likely N-dealkylation sites (N-methyl/N-ethyl adjacent to an activating group) is 1. The fraction of sp³-hybridized carbons (Fsp3) is 0.538. The zero-order valence-electron chi connectivity index (χ0n) is 10.9. The Balaban J connectivity index is 2.13. The smallest absolute Gasteiger partial charge is 0.167 e. The lowest BCUT2D eigenvalue weighted by atomic mass is 10.1. The van der Waals surface area contributed by atoms with Crippen LogP contribution in [0.3, 0.4) is 0 Å². The molecule has 1 heterocycles. The van der Waals surface area contributed by atoms with Crippen LogP contribution in [0.1, 0.15) is 12.8 Å². The number of nitrogen functional groups attached to an aromatic ring is 1. The summed E-state index contributed by atoms with van der Waals surface area (Å²) < 4.78 is 18.4. The van der Waals surface area contributed by atoms with Crippen molar-refractivity contribution in [1.29, 1.82) is 0 Å². The van der Waals surface area contributed by atoms with Gasteiger partial charge in [-0.3, -0.25) is 0 Å². The van der Waals surface area contributed by atoms with E-state index in [1.807, 2.05) is 0 Å². The fourth-order valence-corrected chi connectivity index (χ4v) is 2.35. The molecule has 2 rings (SSSR count). The highest BCUT2D eigenvalue weighted by molar-refractivity contribution is 5.69. The van der Waals surface area contributed by atoms with Gasteiger partial charge in [0.1, 0.15) is 0 Å². The zero-order chi connectivity index (χ0) is 13.1. The van der Waals surface area contributed by atoms with E-state index >= 15 is 0 Å². The Morgan fingerprint density at radius 1 is 1.50 bits per heavy atom. The van der Waals surface area contributed by atoms with Crippen molar-refractivity contribution in [3.05, 3.63) is 17.9 Å². The highest BCUT2D eigenvalue weighted by atomic mass is 19.1. The van der Waals surface area contributed by atoms with Gasteiger partial charge in [-0.1, -0.05) is 0 Å². The monoisotopic (exact) mass is 253 g/mol. The molecule has 0 amide bonds. The van der Waals surface area contributed by atoms with Gasteiger partial charge in [0.2, 0.25) is 0 Å². The number of likely N-dealkylation sites (tertiary alicyclic amines) is 1. The molecule has 1 fully saturated rings. The van der Waals surface area contributed by atoms with E-state index in [1.165, 1.54) is 13.2 Å². The van der Waals surface area contributed by atoms with Crippen molar-refractivity contribution in [1.82, 2.24) is 4.90 Å². The van der Waals surface area contributed by atoms with Gasteiger partial charge in [0.25, 0.3) is 0 Å². The molecule has 1 aromatic carbocycles. The van der Waals surface area contributed by atoms with E-state index < -0.39 is 5.82 Å². The van der Waals surface area contributed by atoms with Crippen molar-refractivity contribution in [2.45, 2.75) is 18.9 Å². The molecule has 0 spiro atoms. The minimum Gasteiger partial charge on any atom is -0.494 e. The number of ether oxygens (including phenoxy) is 1. The van der Waals surface area contributed by atoms with E-state index in [1.54, 1.807) is 6.07 Å². The third kappa shape index (κ3) is 2.85. The first-order valence-corrected chi connectivity index (χ1v) is 6.18. The van der Waals surface area contributed by atoms with Gasteiger partial charge in [0, 0.05) is 24.7 Å². The summed E-state index contributed by atoms with van der Waals surface area (Å²) in [5, 5.41) is 3.37. The van der Waals surface area contributed by atoms with Crippen molar-refractivity contribution in [2.24, 2.45) is 0 Å². The van der Waals surface area contributed by atoms with Gasteiger partial charge in [-0.2, -0.15) is 0 Å². The van der Waals surface area contributed by atoms with Crippen LogP contribution in [-0.4, -0.2) is 38.2 Å². The van der Waals surface area contributed by atoms with E-state index in [4.69, 9.17) is 10.5 Å². The molecule has 18 heavy (non-hydrogen) atoms. The Morgan fingerprint density at radius 3 is 2.94 bits per heavy atom. The van der Waals surface area contributed by atoms with Gasteiger partial charge in [0.15, 0.2) is 11.6 Å². The van der Waals surface area contributed by atoms with Gasteiger partial charge in [-0.05, 0) is 26.4 Å². The van der Waals surface area contributed by atoms with Crippen LogP contribution in [-0.2, 0) is 0 Å². The van der Waals surface area contributed by atoms with Crippen molar-refractivity contribution >= 4 is 11.4 Å². The summed E-state index contributed by atoms with van der Waals surface area (Å²) in [7, 11) is 3.55. The topological polar surface area (TPSA) is 50.5 Å². The number of hydrogen-bond donors (Lipinski definition) is 2. The molecule has 1 saturated heterocycles. The minimum atomic E-state index is -0.429. The SMILES string of the molecule is COc1cc(NC2CCCN(C)C2)c(N)cc1F. The first-order valence-electron chi connectivity index (χ1n) is 6.18. The third-order valence-corrected chi connectivity index (χ3v) is 3.31. The van der Waals surface area contributed by atoms with Crippen LogP contribution in [0.2, 0.25) is 0 Å². The Hall–Kier alpha value is -1.49. The van der Waals surface area contributed by atoms with Crippen LogP contribution >= 0.6 is 0 Å². The summed E-state index contributed by atoms with van der Waals surface area (Å²) in [5.74, 6) is -0.211. The van der Waals surface area contributed by atoms with Gasteiger partial charge in [-0.25, -0.2) is 4.39 Å². The normalized spacial score (nSPS) is 20.7. The molecule has 0 bridgehead atoms. The van der Waals surface area contributed by atoms with Crippen LogP contribution in [0.5, 0.6) is 5.75 Å². The predicted octanol–water partition coefficient (Wildman–Crippen LogP) is 1.92. The van der Waals surface area contributed by atoms with E-state index in [0.717, 1.165) is 31.6 Å². The third-order valence-electron chi connectivity index (χ3n) is 3.31. The maximum Gasteiger partial charge on any atom is 0.167 e. The molecule has 1 aromatic rings. The van der Waals surface area contributed by atoms with Gasteiger partial charge >= 0.3 is 0 Å². The van der Waals surface area contributed by atoms with Crippen molar-refractivity contribution in [3.8, 4) is 5.75 Å². The fourth-order valence-electron chi connectivity index (χ4n) is 2.35. The average Bonchev–Trinajstić information content (AvgIpc) is 2.33. The lowest BCUT2D eigenvalue weighted by molar-refractivity contribution is 0.261. The van der Waals surface area contributed by atoms with E-state index in [9.17, 15) is 4.39 Å².